The molecule has 5 nitrogen and oxygen atoms in total. The van der Waals surface area contributed by atoms with Gasteiger partial charge in [0.25, 0.3) is 5.91 Å². The third kappa shape index (κ3) is 2.73. The number of hydrogen-bond acceptors (Lipinski definition) is 4. The Bertz CT molecular complexity index is 402. The smallest absolute Gasteiger partial charge is 0.272 e. The summed E-state index contributed by atoms with van der Waals surface area (Å²) in [5.41, 5.74) is -0.271. The fourth-order valence-corrected chi connectivity index (χ4v) is 2.22. The molecule has 0 bridgehead atoms. The van der Waals surface area contributed by atoms with Gasteiger partial charge in [-0.3, -0.25) is 4.79 Å². The second-order valence-corrected chi connectivity index (χ2v) is 4.73. The van der Waals surface area contributed by atoms with Crippen LogP contribution in [0.3, 0.4) is 0 Å². The van der Waals surface area contributed by atoms with E-state index in [9.17, 15) is 9.90 Å². The predicted molar refractivity (Wildman–Crippen MR) is 62.8 cm³/mol. The van der Waals surface area contributed by atoms with E-state index in [0.717, 1.165) is 25.7 Å². The first-order valence-electron chi connectivity index (χ1n) is 5.58. The number of carbonyl (C=O) groups excluding carboxylic acids is 1. The quantitative estimate of drug-likeness (QED) is 0.850. The standard InChI is InChI=1S/C11H14ClN3O2/c12-9-4-3-8(14-15-9)10(17)13-11(7-16)5-1-2-6-11/h3-4,16H,1-2,5-7H2,(H,13,17). The fraction of sp³-hybridized carbons (Fsp3) is 0.545. The predicted octanol–water partition coefficient (Wildman–Crippen LogP) is 1.16. The summed E-state index contributed by atoms with van der Waals surface area (Å²) in [6, 6.07) is 3.04. The summed E-state index contributed by atoms with van der Waals surface area (Å²) >= 11 is 5.60. The normalized spacial score (nSPS) is 18.0. The molecule has 0 aromatic carbocycles. The van der Waals surface area contributed by atoms with E-state index < -0.39 is 5.54 Å². The molecule has 1 aliphatic rings. The van der Waals surface area contributed by atoms with E-state index in [1.54, 1.807) is 0 Å². The number of amides is 1. The highest BCUT2D eigenvalue weighted by atomic mass is 35.5. The van der Waals surface area contributed by atoms with E-state index in [1.165, 1.54) is 12.1 Å². The van der Waals surface area contributed by atoms with Crippen molar-refractivity contribution in [3.8, 4) is 0 Å². The molecule has 0 spiro atoms. The molecule has 0 unspecified atom stereocenters. The van der Waals surface area contributed by atoms with Gasteiger partial charge in [-0.15, -0.1) is 10.2 Å². The number of halogens is 1. The second kappa shape index (κ2) is 4.98. The molecule has 0 atom stereocenters. The minimum atomic E-state index is -0.488. The number of carbonyl (C=O) groups is 1. The first-order valence-corrected chi connectivity index (χ1v) is 5.96. The van der Waals surface area contributed by atoms with E-state index in [-0.39, 0.29) is 23.4 Å². The van der Waals surface area contributed by atoms with Crippen LogP contribution in [0.1, 0.15) is 36.2 Å². The van der Waals surface area contributed by atoms with Gasteiger partial charge in [-0.05, 0) is 25.0 Å². The molecule has 1 fully saturated rings. The molecule has 6 heteroatoms. The number of nitrogens with one attached hydrogen (secondary N) is 1. The summed E-state index contributed by atoms with van der Waals surface area (Å²) in [4.78, 5) is 11.9. The number of rotatable bonds is 3. The molecule has 92 valence electrons. The summed E-state index contributed by atoms with van der Waals surface area (Å²) in [7, 11) is 0. The van der Waals surface area contributed by atoms with E-state index in [4.69, 9.17) is 11.6 Å². The molecule has 0 radical (unpaired) electrons. The van der Waals surface area contributed by atoms with Crippen LogP contribution in [-0.4, -0.2) is 33.4 Å². The van der Waals surface area contributed by atoms with Crippen LogP contribution in [0, 0.1) is 0 Å². The first kappa shape index (κ1) is 12.3. The van der Waals surface area contributed by atoms with Crippen molar-refractivity contribution in [2.24, 2.45) is 0 Å². The lowest BCUT2D eigenvalue weighted by Crippen LogP contribution is -2.49. The van der Waals surface area contributed by atoms with Crippen LogP contribution >= 0.6 is 11.6 Å². The highest BCUT2D eigenvalue weighted by Crippen LogP contribution is 2.29. The number of hydrogen-bond donors (Lipinski definition) is 2. The zero-order chi connectivity index (χ0) is 12.3. The lowest BCUT2D eigenvalue weighted by atomic mass is 9.99. The Labute approximate surface area is 104 Å². The zero-order valence-electron chi connectivity index (χ0n) is 9.32. The van der Waals surface area contributed by atoms with Crippen molar-refractivity contribution in [2.75, 3.05) is 6.61 Å². The van der Waals surface area contributed by atoms with Crippen LogP contribution in [0.25, 0.3) is 0 Å². The van der Waals surface area contributed by atoms with E-state index in [2.05, 4.69) is 15.5 Å². The Morgan fingerprint density at radius 1 is 1.41 bits per heavy atom. The minimum absolute atomic E-state index is 0.0419. The lowest BCUT2D eigenvalue weighted by molar-refractivity contribution is 0.0832. The molecule has 2 N–H and O–H groups in total. The van der Waals surface area contributed by atoms with Crippen LogP contribution in [0.5, 0.6) is 0 Å². The minimum Gasteiger partial charge on any atom is -0.394 e. The van der Waals surface area contributed by atoms with Gasteiger partial charge in [-0.1, -0.05) is 24.4 Å². The third-order valence-electron chi connectivity index (χ3n) is 3.11. The van der Waals surface area contributed by atoms with Gasteiger partial charge in [0, 0.05) is 0 Å². The maximum atomic E-state index is 11.9. The molecule has 1 heterocycles. The van der Waals surface area contributed by atoms with Crippen LogP contribution in [0.2, 0.25) is 5.15 Å². The molecule has 0 saturated heterocycles. The van der Waals surface area contributed by atoms with Crippen LogP contribution in [-0.2, 0) is 0 Å². The highest BCUT2D eigenvalue weighted by Gasteiger charge is 2.35. The Balaban J connectivity index is 2.08. The topological polar surface area (TPSA) is 75.1 Å². The highest BCUT2D eigenvalue weighted by molar-refractivity contribution is 6.29. The largest absolute Gasteiger partial charge is 0.394 e. The maximum Gasteiger partial charge on any atom is 0.272 e. The molecule has 1 aromatic heterocycles. The monoisotopic (exact) mass is 255 g/mol. The fourth-order valence-electron chi connectivity index (χ4n) is 2.12. The van der Waals surface area contributed by atoms with Gasteiger partial charge in [0.05, 0.1) is 12.1 Å². The van der Waals surface area contributed by atoms with Crippen LogP contribution in [0.15, 0.2) is 12.1 Å². The van der Waals surface area contributed by atoms with Gasteiger partial charge < -0.3 is 10.4 Å². The molecule has 1 aromatic rings. The van der Waals surface area contributed by atoms with E-state index in [1.807, 2.05) is 0 Å². The van der Waals surface area contributed by atoms with Crippen LogP contribution < -0.4 is 5.32 Å². The Hall–Kier alpha value is -1.20. The van der Waals surface area contributed by atoms with Crippen molar-refractivity contribution in [3.05, 3.63) is 23.0 Å². The first-order chi connectivity index (χ1) is 8.15. The van der Waals surface area contributed by atoms with Gasteiger partial charge >= 0.3 is 0 Å². The van der Waals surface area contributed by atoms with Crippen molar-refractivity contribution in [3.63, 3.8) is 0 Å². The van der Waals surface area contributed by atoms with Gasteiger partial charge in [0.2, 0.25) is 0 Å². The van der Waals surface area contributed by atoms with Crippen molar-refractivity contribution >= 4 is 17.5 Å². The summed E-state index contributed by atoms with van der Waals surface area (Å²) in [5.74, 6) is -0.315. The molecule has 2 rings (SSSR count). The molecule has 1 saturated carbocycles. The Morgan fingerprint density at radius 3 is 2.65 bits per heavy atom. The van der Waals surface area contributed by atoms with Gasteiger partial charge in [0.1, 0.15) is 0 Å². The summed E-state index contributed by atoms with van der Waals surface area (Å²) in [6.07, 6.45) is 3.65. The average Bonchev–Trinajstić information content (AvgIpc) is 2.79. The number of aliphatic hydroxyl groups is 1. The number of nitrogens with zero attached hydrogens (tertiary/aromatic N) is 2. The summed E-state index contributed by atoms with van der Waals surface area (Å²) in [6.45, 7) is -0.0419. The van der Waals surface area contributed by atoms with Gasteiger partial charge in [-0.2, -0.15) is 0 Å². The van der Waals surface area contributed by atoms with Crippen molar-refractivity contribution in [1.29, 1.82) is 0 Å². The third-order valence-corrected chi connectivity index (χ3v) is 3.31. The summed E-state index contributed by atoms with van der Waals surface area (Å²) < 4.78 is 0. The van der Waals surface area contributed by atoms with Gasteiger partial charge in [-0.25, -0.2) is 0 Å². The molecular weight excluding hydrogens is 242 g/mol. The zero-order valence-corrected chi connectivity index (χ0v) is 10.1. The molecular formula is C11H14ClN3O2. The van der Waals surface area contributed by atoms with Crippen molar-refractivity contribution in [2.45, 2.75) is 31.2 Å². The Morgan fingerprint density at radius 2 is 2.12 bits per heavy atom. The average molecular weight is 256 g/mol. The molecule has 17 heavy (non-hydrogen) atoms. The van der Waals surface area contributed by atoms with Crippen molar-refractivity contribution in [1.82, 2.24) is 15.5 Å². The number of aromatic nitrogens is 2. The van der Waals surface area contributed by atoms with Gasteiger partial charge in [0.15, 0.2) is 10.8 Å². The molecule has 1 aliphatic carbocycles. The van der Waals surface area contributed by atoms with E-state index in [0.29, 0.717) is 0 Å². The van der Waals surface area contributed by atoms with Crippen LogP contribution in [0.4, 0.5) is 0 Å². The molecule has 0 aliphatic heterocycles. The summed E-state index contributed by atoms with van der Waals surface area (Å²) in [5, 5.41) is 19.8. The lowest BCUT2D eigenvalue weighted by Gasteiger charge is -2.27. The second-order valence-electron chi connectivity index (χ2n) is 4.34. The number of aliphatic hydroxyl groups excluding tert-OH is 1. The van der Waals surface area contributed by atoms with Crippen molar-refractivity contribution < 1.29 is 9.90 Å². The maximum absolute atomic E-state index is 11.9. The molecule has 1 amide bonds. The van der Waals surface area contributed by atoms with E-state index >= 15 is 0 Å². The Kier molecular flexibility index (Phi) is 3.59. The SMILES string of the molecule is O=C(NC1(CO)CCCC1)c1ccc(Cl)nn1.